The summed E-state index contributed by atoms with van der Waals surface area (Å²) in [5.74, 6) is -0.402. The van der Waals surface area contributed by atoms with Gasteiger partial charge in [-0.15, -0.1) is 0 Å². The van der Waals surface area contributed by atoms with E-state index >= 15 is 0 Å². The zero-order valence-electron chi connectivity index (χ0n) is 25.9. The minimum absolute atomic E-state index is 0.0220. The van der Waals surface area contributed by atoms with Crippen molar-refractivity contribution < 1.29 is 19.1 Å². The number of nitrogens with zero attached hydrogens (tertiary/aromatic N) is 1. The summed E-state index contributed by atoms with van der Waals surface area (Å²) in [5.41, 5.74) is 6.67. The topological polar surface area (TPSA) is 75.7 Å². The van der Waals surface area contributed by atoms with Gasteiger partial charge < -0.3 is 10.1 Å². The van der Waals surface area contributed by atoms with Crippen LogP contribution in [-0.4, -0.2) is 24.8 Å². The van der Waals surface area contributed by atoms with E-state index in [4.69, 9.17) is 4.74 Å². The number of carbonyl (C=O) groups is 3. The lowest BCUT2D eigenvalue weighted by Crippen LogP contribution is -2.38. The summed E-state index contributed by atoms with van der Waals surface area (Å²) in [5, 5.41) is 3.61. The quantitative estimate of drug-likeness (QED) is 0.226. The van der Waals surface area contributed by atoms with E-state index in [1.165, 1.54) is 12.7 Å². The molecule has 3 aromatic carbocycles. The van der Waals surface area contributed by atoms with Crippen LogP contribution in [0.1, 0.15) is 105 Å². The molecule has 224 valence electrons. The Morgan fingerprint density at radius 1 is 0.907 bits per heavy atom. The predicted octanol–water partition coefficient (Wildman–Crippen LogP) is 8.25. The third kappa shape index (κ3) is 6.29. The number of para-hydroxylation sites is 2. The van der Waals surface area contributed by atoms with Crippen LogP contribution in [0.15, 0.2) is 84.1 Å². The van der Waals surface area contributed by atoms with Gasteiger partial charge in [0.15, 0.2) is 5.78 Å². The summed E-state index contributed by atoms with van der Waals surface area (Å²) in [7, 11) is 1.35. The molecule has 0 aromatic heterocycles. The van der Waals surface area contributed by atoms with Crippen LogP contribution >= 0.6 is 0 Å². The molecule has 1 aliphatic carbocycles. The molecule has 0 fully saturated rings. The molecule has 6 heteroatoms. The summed E-state index contributed by atoms with van der Waals surface area (Å²) in [4.78, 5) is 42.3. The van der Waals surface area contributed by atoms with E-state index < -0.39 is 12.0 Å². The first kappa shape index (κ1) is 30.3. The molecule has 6 nitrogen and oxygen atoms in total. The number of methoxy groups -OCH3 is 1. The Balaban J connectivity index is 1.62. The Labute approximate surface area is 255 Å². The van der Waals surface area contributed by atoms with Crippen molar-refractivity contribution in [3.8, 4) is 0 Å². The second-order valence-electron chi connectivity index (χ2n) is 12.7. The van der Waals surface area contributed by atoms with Crippen LogP contribution in [0.5, 0.6) is 0 Å². The highest BCUT2D eigenvalue weighted by molar-refractivity contribution is 6.06. The van der Waals surface area contributed by atoms with E-state index in [-0.39, 0.29) is 23.0 Å². The van der Waals surface area contributed by atoms with Crippen LogP contribution in [0.4, 0.5) is 11.4 Å². The van der Waals surface area contributed by atoms with Crippen LogP contribution in [-0.2, 0) is 19.7 Å². The molecular formula is C37H42N2O4. The number of nitrogens with one attached hydrogen (secondary N) is 1. The number of esters is 1. The summed E-state index contributed by atoms with van der Waals surface area (Å²) < 4.78 is 4.91. The van der Waals surface area contributed by atoms with E-state index in [1.54, 1.807) is 12.1 Å². The van der Waals surface area contributed by atoms with Gasteiger partial charge in [-0.3, -0.25) is 14.5 Å². The van der Waals surface area contributed by atoms with Gasteiger partial charge in [-0.1, -0.05) is 89.1 Å². The van der Waals surface area contributed by atoms with Crippen LogP contribution in [0.3, 0.4) is 0 Å². The fourth-order valence-electron chi connectivity index (χ4n) is 6.24. The fraction of sp³-hybridized carbons (Fsp3) is 0.378. The summed E-state index contributed by atoms with van der Waals surface area (Å²) >= 11 is 0. The average Bonchev–Trinajstić information content (AvgIpc) is 3.15. The standard InChI is InChI=1S/C37H42N2O4/c1-6-7-8-13-33(41)39-31-12-10-9-11-29(31)38-30-22-27(24-18-20-28(21-19-24)37(2,3)4)23-32(40)34(30)35(39)25-14-16-26(17-15-25)36(42)43-5/h9-12,14-21,27,35,38H,6-8,13,22-23H2,1-5H3/t27-,35+/m0/s1. The fourth-order valence-corrected chi connectivity index (χ4v) is 6.24. The highest BCUT2D eigenvalue weighted by Gasteiger charge is 2.41. The van der Waals surface area contributed by atoms with Gasteiger partial charge in [0.25, 0.3) is 0 Å². The number of hydrogen-bond donors (Lipinski definition) is 1. The van der Waals surface area contributed by atoms with Gasteiger partial charge in [-0.05, 0) is 65.1 Å². The second-order valence-corrected chi connectivity index (χ2v) is 12.7. The van der Waals surface area contributed by atoms with Crippen molar-refractivity contribution in [2.75, 3.05) is 17.3 Å². The number of anilines is 2. The maximum absolute atomic E-state index is 14.3. The molecule has 0 bridgehead atoms. The third-order valence-electron chi connectivity index (χ3n) is 8.65. The van der Waals surface area contributed by atoms with Crippen LogP contribution in [0, 0.1) is 0 Å². The third-order valence-corrected chi connectivity index (χ3v) is 8.65. The Bertz CT molecular complexity index is 1530. The molecule has 0 saturated heterocycles. The minimum Gasteiger partial charge on any atom is -0.465 e. The van der Waals surface area contributed by atoms with Crippen LogP contribution < -0.4 is 10.2 Å². The molecule has 0 saturated carbocycles. The maximum Gasteiger partial charge on any atom is 0.337 e. The molecule has 2 aliphatic rings. The monoisotopic (exact) mass is 578 g/mol. The van der Waals surface area contributed by atoms with E-state index in [0.29, 0.717) is 30.4 Å². The molecule has 1 heterocycles. The van der Waals surface area contributed by atoms with E-state index in [2.05, 4.69) is 57.3 Å². The molecule has 0 unspecified atom stereocenters. The SMILES string of the molecule is CCCCCC(=O)N1c2ccccc2NC2=C(C(=O)C[C@@H](c3ccc(C(C)(C)C)cc3)C2)[C@H]1c1ccc(C(=O)OC)cc1. The van der Waals surface area contributed by atoms with Crippen molar-refractivity contribution >= 4 is 29.0 Å². The first-order valence-corrected chi connectivity index (χ1v) is 15.4. The predicted molar refractivity (Wildman–Crippen MR) is 171 cm³/mol. The van der Waals surface area contributed by atoms with Gasteiger partial charge in [0.1, 0.15) is 0 Å². The van der Waals surface area contributed by atoms with Crippen molar-refractivity contribution in [3.63, 3.8) is 0 Å². The van der Waals surface area contributed by atoms with Crippen molar-refractivity contribution in [2.24, 2.45) is 0 Å². The number of fused-ring (bicyclic) bond motifs is 1. The van der Waals surface area contributed by atoms with Gasteiger partial charge in [-0.2, -0.15) is 0 Å². The van der Waals surface area contributed by atoms with Gasteiger partial charge in [0, 0.05) is 24.1 Å². The lowest BCUT2D eigenvalue weighted by molar-refractivity contribution is -0.119. The van der Waals surface area contributed by atoms with Crippen LogP contribution in [0.25, 0.3) is 0 Å². The molecule has 1 aliphatic heterocycles. The first-order valence-electron chi connectivity index (χ1n) is 15.4. The normalized spacial score (nSPS) is 18.3. The first-order chi connectivity index (χ1) is 20.6. The van der Waals surface area contributed by atoms with Crippen molar-refractivity contribution in [1.82, 2.24) is 0 Å². The number of hydrogen-bond acceptors (Lipinski definition) is 5. The minimum atomic E-state index is -0.622. The van der Waals surface area contributed by atoms with Gasteiger partial charge in [0.2, 0.25) is 5.91 Å². The Morgan fingerprint density at radius 2 is 1.58 bits per heavy atom. The lowest BCUT2D eigenvalue weighted by Gasteiger charge is -2.35. The van der Waals surface area contributed by atoms with Gasteiger partial charge in [0.05, 0.1) is 30.1 Å². The number of Topliss-reactive ketones (excluding diaryl/α,β-unsaturated/α-hetero) is 1. The van der Waals surface area contributed by atoms with Crippen molar-refractivity contribution in [1.29, 1.82) is 0 Å². The largest absolute Gasteiger partial charge is 0.465 e. The lowest BCUT2D eigenvalue weighted by atomic mass is 9.77. The Hall–Kier alpha value is -4.19. The zero-order chi connectivity index (χ0) is 30.7. The smallest absolute Gasteiger partial charge is 0.337 e. The Kier molecular flexibility index (Phi) is 8.86. The molecular weight excluding hydrogens is 536 g/mol. The number of ether oxygens (including phenoxy) is 1. The number of rotatable bonds is 7. The average molecular weight is 579 g/mol. The number of carbonyl (C=O) groups excluding carboxylic acids is 3. The zero-order valence-corrected chi connectivity index (χ0v) is 25.9. The molecule has 0 radical (unpaired) electrons. The summed E-state index contributed by atoms with van der Waals surface area (Å²) in [6.45, 7) is 8.71. The van der Waals surface area contributed by atoms with Crippen LogP contribution in [0.2, 0.25) is 0 Å². The molecule has 3 aromatic rings. The van der Waals surface area contributed by atoms with E-state index in [9.17, 15) is 14.4 Å². The molecule has 5 rings (SSSR count). The van der Waals surface area contributed by atoms with Crippen molar-refractivity contribution in [3.05, 3.63) is 106 Å². The molecule has 1 N–H and O–H groups in total. The van der Waals surface area contributed by atoms with E-state index in [0.717, 1.165) is 47.5 Å². The highest BCUT2D eigenvalue weighted by Crippen LogP contribution is 2.47. The number of benzene rings is 3. The number of amides is 1. The summed E-state index contributed by atoms with van der Waals surface area (Å²) in [6.07, 6.45) is 4.15. The number of allylic oxidation sites excluding steroid dienone is 1. The molecule has 0 spiro atoms. The number of unbranched alkanes of at least 4 members (excludes halogenated alkanes) is 2. The summed E-state index contributed by atoms with van der Waals surface area (Å²) in [6, 6.07) is 22.9. The molecule has 43 heavy (non-hydrogen) atoms. The number of ketones is 1. The van der Waals surface area contributed by atoms with Gasteiger partial charge >= 0.3 is 5.97 Å². The van der Waals surface area contributed by atoms with Gasteiger partial charge in [-0.25, -0.2) is 4.79 Å². The second kappa shape index (κ2) is 12.6. The van der Waals surface area contributed by atoms with E-state index in [1.807, 2.05) is 41.3 Å². The maximum atomic E-state index is 14.3. The molecule has 1 amide bonds. The molecule has 2 atom stereocenters. The highest BCUT2D eigenvalue weighted by atomic mass is 16.5. The Morgan fingerprint density at radius 3 is 2.23 bits per heavy atom. The van der Waals surface area contributed by atoms with Crippen molar-refractivity contribution in [2.45, 2.75) is 83.6 Å².